The topological polar surface area (TPSA) is 140 Å². The van der Waals surface area contributed by atoms with Crippen molar-refractivity contribution in [2.24, 2.45) is 0 Å². The van der Waals surface area contributed by atoms with Crippen LogP contribution < -0.4 is 5.73 Å². The van der Waals surface area contributed by atoms with Gasteiger partial charge in [-0.3, -0.25) is 4.57 Å². The number of aliphatic hydroxyl groups is 3. The molecule has 114 valence electrons. The third-order valence-electron chi connectivity index (χ3n) is 3.73. The summed E-state index contributed by atoms with van der Waals surface area (Å²) in [7, 11) is 0. The van der Waals surface area contributed by atoms with E-state index >= 15 is 0 Å². The van der Waals surface area contributed by atoms with Crippen molar-refractivity contribution in [2.75, 3.05) is 5.73 Å². The second-order valence-electron chi connectivity index (χ2n) is 5.03. The van der Waals surface area contributed by atoms with Gasteiger partial charge in [0.1, 0.15) is 30.2 Å². The lowest BCUT2D eigenvalue weighted by Crippen LogP contribution is -2.38. The second kappa shape index (κ2) is 5.19. The number of fused-ring (bicyclic) bond motifs is 1. The van der Waals surface area contributed by atoms with Crippen LogP contribution in [0, 0.1) is 0 Å². The number of aromatic nitrogens is 4. The summed E-state index contributed by atoms with van der Waals surface area (Å²) in [6.45, 7) is 1.76. The van der Waals surface area contributed by atoms with Crippen molar-refractivity contribution in [3.8, 4) is 0 Å². The van der Waals surface area contributed by atoms with Crippen LogP contribution in [0.3, 0.4) is 0 Å². The molecule has 9 heteroatoms. The minimum absolute atomic E-state index is 0.219. The molecule has 3 rings (SSSR count). The summed E-state index contributed by atoms with van der Waals surface area (Å²) in [4.78, 5) is 12.0. The first-order valence-corrected chi connectivity index (χ1v) is 6.67. The van der Waals surface area contributed by atoms with Gasteiger partial charge in [-0.1, -0.05) is 6.92 Å². The molecule has 9 nitrogen and oxygen atoms in total. The normalized spacial score (nSPS) is 30.9. The maximum absolute atomic E-state index is 10.2. The molecule has 2 aromatic rings. The van der Waals surface area contributed by atoms with Crippen molar-refractivity contribution in [3.63, 3.8) is 0 Å². The number of hydrogen-bond acceptors (Lipinski definition) is 8. The van der Waals surface area contributed by atoms with Gasteiger partial charge in [0.25, 0.3) is 0 Å². The number of rotatable bonds is 3. The zero-order valence-corrected chi connectivity index (χ0v) is 11.4. The molecule has 1 aliphatic heterocycles. The van der Waals surface area contributed by atoms with E-state index in [0.29, 0.717) is 17.6 Å². The highest BCUT2D eigenvalue weighted by atomic mass is 16.6. The Morgan fingerprint density at radius 1 is 1.33 bits per heavy atom. The Balaban J connectivity index is 1.98. The summed E-state index contributed by atoms with van der Waals surface area (Å²) < 4.78 is 7.08. The summed E-state index contributed by atoms with van der Waals surface area (Å²) in [5, 5.41) is 30.0. The number of nitrogens with two attached hydrogens (primary N) is 1. The van der Waals surface area contributed by atoms with Crippen molar-refractivity contribution in [1.29, 1.82) is 0 Å². The van der Waals surface area contributed by atoms with Gasteiger partial charge in [-0.05, 0) is 6.42 Å². The van der Waals surface area contributed by atoms with Crippen molar-refractivity contribution in [2.45, 2.75) is 44.0 Å². The Hall–Kier alpha value is -1.81. The monoisotopic (exact) mass is 295 g/mol. The second-order valence-corrected chi connectivity index (χ2v) is 5.03. The first kappa shape index (κ1) is 14.1. The van der Waals surface area contributed by atoms with Gasteiger partial charge in [0, 0.05) is 0 Å². The summed E-state index contributed by atoms with van der Waals surface area (Å²) in [5.41, 5.74) is 6.49. The minimum atomic E-state index is -1.20. The molecule has 1 aliphatic rings. The maximum Gasteiger partial charge on any atom is 0.167 e. The van der Waals surface area contributed by atoms with Crippen LogP contribution >= 0.6 is 0 Å². The maximum atomic E-state index is 10.2. The van der Waals surface area contributed by atoms with Gasteiger partial charge in [-0.25, -0.2) is 15.0 Å². The zero-order chi connectivity index (χ0) is 15.1. The van der Waals surface area contributed by atoms with Crippen molar-refractivity contribution >= 4 is 17.0 Å². The van der Waals surface area contributed by atoms with Crippen LogP contribution in [0.25, 0.3) is 11.2 Å². The molecule has 0 radical (unpaired) electrons. The molecule has 0 aromatic carbocycles. The molecule has 5 atom stereocenters. The van der Waals surface area contributed by atoms with Gasteiger partial charge in [0.05, 0.1) is 12.4 Å². The fraction of sp³-hybridized carbons (Fsp3) is 0.583. The number of ether oxygens (including phenoxy) is 1. The highest BCUT2D eigenvalue weighted by Crippen LogP contribution is 2.33. The number of anilines is 1. The quantitative estimate of drug-likeness (QED) is 0.553. The fourth-order valence-corrected chi connectivity index (χ4v) is 2.52. The Kier molecular flexibility index (Phi) is 3.49. The van der Waals surface area contributed by atoms with Crippen molar-refractivity contribution in [1.82, 2.24) is 19.5 Å². The lowest BCUT2D eigenvalue weighted by Gasteiger charge is -2.19. The molecule has 0 saturated carbocycles. The average molecular weight is 295 g/mol. The van der Waals surface area contributed by atoms with E-state index in [1.165, 1.54) is 17.2 Å². The van der Waals surface area contributed by atoms with Gasteiger partial charge >= 0.3 is 0 Å². The first-order chi connectivity index (χ1) is 10.0. The summed E-state index contributed by atoms with van der Waals surface area (Å²) in [5.74, 6) is 0.219. The first-order valence-electron chi connectivity index (χ1n) is 6.67. The number of hydrogen-bond donors (Lipinski definition) is 4. The molecule has 5 N–H and O–H groups in total. The SMILES string of the molecule is CCC(O)[C@H]1O[C@@H](n2cnc3c(N)ncnc32)[C@H](O)[C@@H]1O. The number of nitrogens with zero attached hydrogens (tertiary/aromatic N) is 4. The van der Waals surface area contributed by atoms with E-state index in [1.807, 2.05) is 0 Å². The Labute approximate surface area is 120 Å². The van der Waals surface area contributed by atoms with Crippen LogP contribution in [-0.4, -0.2) is 59.3 Å². The molecule has 2 aromatic heterocycles. The predicted molar refractivity (Wildman–Crippen MR) is 72.0 cm³/mol. The van der Waals surface area contributed by atoms with Crippen LogP contribution in [0.5, 0.6) is 0 Å². The largest absolute Gasteiger partial charge is 0.390 e. The van der Waals surface area contributed by atoms with Crippen LogP contribution in [0.1, 0.15) is 19.6 Å². The summed E-state index contributed by atoms with van der Waals surface area (Å²) >= 11 is 0. The molecule has 1 fully saturated rings. The molecule has 1 saturated heterocycles. The van der Waals surface area contributed by atoms with Gasteiger partial charge in [-0.2, -0.15) is 0 Å². The molecule has 1 unspecified atom stereocenters. The highest BCUT2D eigenvalue weighted by molar-refractivity contribution is 5.81. The predicted octanol–water partition coefficient (Wildman–Crippen LogP) is -1.20. The van der Waals surface area contributed by atoms with E-state index in [4.69, 9.17) is 10.5 Å². The van der Waals surface area contributed by atoms with Crippen LogP contribution in [0.2, 0.25) is 0 Å². The van der Waals surface area contributed by atoms with Gasteiger partial charge in [0.15, 0.2) is 17.7 Å². The van der Waals surface area contributed by atoms with E-state index in [-0.39, 0.29) is 5.82 Å². The van der Waals surface area contributed by atoms with E-state index in [0.717, 1.165) is 0 Å². The Morgan fingerprint density at radius 2 is 2.10 bits per heavy atom. The van der Waals surface area contributed by atoms with Crippen LogP contribution in [0.15, 0.2) is 12.7 Å². The van der Waals surface area contributed by atoms with Crippen molar-refractivity contribution < 1.29 is 20.1 Å². The molecule has 0 bridgehead atoms. The van der Waals surface area contributed by atoms with E-state index in [9.17, 15) is 15.3 Å². The zero-order valence-electron chi connectivity index (χ0n) is 11.4. The smallest absolute Gasteiger partial charge is 0.167 e. The third kappa shape index (κ3) is 2.14. The van der Waals surface area contributed by atoms with Gasteiger partial charge in [-0.15, -0.1) is 0 Å². The molecule has 0 aliphatic carbocycles. The van der Waals surface area contributed by atoms with E-state index in [2.05, 4.69) is 15.0 Å². The lowest BCUT2D eigenvalue weighted by atomic mass is 10.0. The highest BCUT2D eigenvalue weighted by Gasteiger charge is 2.46. The molecule has 0 spiro atoms. The number of imidazole rings is 1. The molecule has 0 amide bonds. The number of aliphatic hydroxyl groups excluding tert-OH is 3. The minimum Gasteiger partial charge on any atom is -0.390 e. The number of nitrogen functional groups attached to an aromatic ring is 1. The molecular weight excluding hydrogens is 278 g/mol. The van der Waals surface area contributed by atoms with Crippen LogP contribution in [0.4, 0.5) is 5.82 Å². The van der Waals surface area contributed by atoms with Gasteiger partial charge < -0.3 is 25.8 Å². The Bertz CT molecular complexity index is 648. The van der Waals surface area contributed by atoms with Crippen LogP contribution in [-0.2, 0) is 4.74 Å². The molecular formula is C12H17N5O4. The van der Waals surface area contributed by atoms with Gasteiger partial charge in [0.2, 0.25) is 0 Å². The summed E-state index contributed by atoms with van der Waals surface area (Å²) in [6, 6.07) is 0. The average Bonchev–Trinajstić information content (AvgIpc) is 3.02. The van der Waals surface area contributed by atoms with Crippen molar-refractivity contribution in [3.05, 3.63) is 12.7 Å². The molecule has 3 heterocycles. The standard InChI is InChI=1S/C12H17N5O4/c1-2-5(18)9-7(19)8(20)12(21-9)17-4-16-6-10(13)14-3-15-11(6)17/h3-5,7-9,12,18-20H,2H2,1H3,(H2,13,14,15)/t5?,7-,8+,9+,12+/m0/s1. The lowest BCUT2D eigenvalue weighted by molar-refractivity contribution is -0.0840. The Morgan fingerprint density at radius 3 is 2.81 bits per heavy atom. The summed E-state index contributed by atoms with van der Waals surface area (Å²) in [6.07, 6.45) is -1.93. The molecule has 21 heavy (non-hydrogen) atoms. The third-order valence-corrected chi connectivity index (χ3v) is 3.73. The van der Waals surface area contributed by atoms with E-state index in [1.54, 1.807) is 6.92 Å². The fourth-order valence-electron chi connectivity index (χ4n) is 2.52. The van der Waals surface area contributed by atoms with E-state index < -0.39 is 30.6 Å².